The first-order chi connectivity index (χ1) is 10.8. The Morgan fingerprint density at radius 1 is 1.48 bits per heavy atom. The fraction of sp³-hybridized carbons (Fsp3) is 0.733. The van der Waals surface area contributed by atoms with Crippen LogP contribution in [0.1, 0.15) is 44.5 Å². The molecule has 2 atom stereocenters. The number of aromatic amines is 1. The number of aromatic nitrogens is 2. The molecule has 1 aliphatic rings. The number of sulfonamides is 1. The number of amides is 1. The molecule has 1 amide bonds. The van der Waals surface area contributed by atoms with Gasteiger partial charge in [-0.1, -0.05) is 6.92 Å². The third-order valence-corrected chi connectivity index (χ3v) is 6.54. The third-order valence-electron chi connectivity index (χ3n) is 4.41. The maximum absolute atomic E-state index is 12.9. The van der Waals surface area contributed by atoms with E-state index in [2.05, 4.69) is 15.5 Å². The number of nitrogens with zero attached hydrogens (tertiary/aromatic N) is 2. The van der Waals surface area contributed by atoms with Gasteiger partial charge in [0.25, 0.3) is 0 Å². The van der Waals surface area contributed by atoms with E-state index in [1.54, 1.807) is 13.8 Å². The second kappa shape index (κ2) is 7.00. The molecule has 2 unspecified atom stereocenters. The Hall–Kier alpha value is -1.41. The zero-order valence-electron chi connectivity index (χ0n) is 14.2. The highest BCUT2D eigenvalue weighted by Gasteiger charge is 2.35. The van der Waals surface area contributed by atoms with Crippen LogP contribution in [0.15, 0.2) is 4.90 Å². The van der Waals surface area contributed by atoms with Gasteiger partial charge in [-0.05, 0) is 40.0 Å². The number of aryl methyl sites for hydroxylation is 2. The van der Waals surface area contributed by atoms with Crippen molar-refractivity contribution in [1.82, 2.24) is 19.8 Å². The van der Waals surface area contributed by atoms with Crippen molar-refractivity contribution in [2.45, 2.75) is 57.9 Å². The molecule has 7 nitrogen and oxygen atoms in total. The van der Waals surface area contributed by atoms with Gasteiger partial charge in [-0.3, -0.25) is 9.89 Å². The Kier molecular flexibility index (Phi) is 5.46. The van der Waals surface area contributed by atoms with Crippen LogP contribution in [-0.4, -0.2) is 48.0 Å². The minimum atomic E-state index is -3.62. The van der Waals surface area contributed by atoms with Crippen molar-refractivity contribution < 1.29 is 13.2 Å². The van der Waals surface area contributed by atoms with Crippen LogP contribution in [0.25, 0.3) is 0 Å². The summed E-state index contributed by atoms with van der Waals surface area (Å²) in [6, 6.07) is 0.104. The Morgan fingerprint density at radius 2 is 2.17 bits per heavy atom. The van der Waals surface area contributed by atoms with Gasteiger partial charge in [0.2, 0.25) is 15.9 Å². The molecule has 1 aromatic rings. The van der Waals surface area contributed by atoms with Gasteiger partial charge in [0.15, 0.2) is 0 Å². The van der Waals surface area contributed by atoms with Gasteiger partial charge in [-0.25, -0.2) is 8.42 Å². The first-order valence-electron chi connectivity index (χ1n) is 8.09. The zero-order valence-corrected chi connectivity index (χ0v) is 15.0. The lowest BCUT2D eigenvalue weighted by atomic mass is 9.98. The normalized spacial score (nSPS) is 21.1. The summed E-state index contributed by atoms with van der Waals surface area (Å²) in [6.07, 6.45) is 2.26. The van der Waals surface area contributed by atoms with E-state index in [1.807, 2.05) is 13.8 Å². The molecular weight excluding hydrogens is 316 g/mol. The maximum atomic E-state index is 12.9. The fourth-order valence-corrected chi connectivity index (χ4v) is 4.74. The van der Waals surface area contributed by atoms with Crippen molar-refractivity contribution in [3.63, 3.8) is 0 Å². The lowest BCUT2D eigenvalue weighted by Crippen LogP contribution is -2.47. The molecule has 0 spiro atoms. The minimum absolute atomic E-state index is 0.0557. The summed E-state index contributed by atoms with van der Waals surface area (Å²) in [7, 11) is -3.62. The average molecular weight is 342 g/mol. The third kappa shape index (κ3) is 3.74. The molecule has 1 aromatic heterocycles. The van der Waals surface area contributed by atoms with Gasteiger partial charge in [-0.2, -0.15) is 9.40 Å². The van der Waals surface area contributed by atoms with Crippen LogP contribution in [0, 0.1) is 19.8 Å². The molecule has 0 radical (unpaired) electrons. The second-order valence-electron chi connectivity index (χ2n) is 6.28. The molecule has 0 saturated carbocycles. The van der Waals surface area contributed by atoms with E-state index < -0.39 is 10.0 Å². The van der Waals surface area contributed by atoms with Crippen LogP contribution < -0.4 is 5.32 Å². The van der Waals surface area contributed by atoms with Crippen LogP contribution in [-0.2, 0) is 14.8 Å². The summed E-state index contributed by atoms with van der Waals surface area (Å²) < 4.78 is 27.2. The quantitative estimate of drug-likeness (QED) is 0.844. The molecule has 1 fully saturated rings. The van der Waals surface area contributed by atoms with Gasteiger partial charge in [0.05, 0.1) is 17.3 Å². The van der Waals surface area contributed by atoms with Gasteiger partial charge >= 0.3 is 0 Å². The molecule has 2 heterocycles. The largest absolute Gasteiger partial charge is 0.353 e. The van der Waals surface area contributed by atoms with Crippen LogP contribution in [0.4, 0.5) is 0 Å². The van der Waals surface area contributed by atoms with Crippen LogP contribution >= 0.6 is 0 Å². The van der Waals surface area contributed by atoms with Crippen molar-refractivity contribution in [3.05, 3.63) is 11.4 Å². The van der Waals surface area contributed by atoms with Crippen molar-refractivity contribution >= 4 is 15.9 Å². The Balaban J connectivity index is 2.16. The highest BCUT2D eigenvalue weighted by Crippen LogP contribution is 2.26. The van der Waals surface area contributed by atoms with Crippen molar-refractivity contribution in [2.24, 2.45) is 5.92 Å². The van der Waals surface area contributed by atoms with Crippen LogP contribution in [0.5, 0.6) is 0 Å². The molecule has 1 aliphatic heterocycles. The van der Waals surface area contributed by atoms with E-state index in [4.69, 9.17) is 0 Å². The van der Waals surface area contributed by atoms with E-state index in [9.17, 15) is 13.2 Å². The number of H-pyrrole nitrogens is 1. The predicted molar refractivity (Wildman–Crippen MR) is 87.4 cm³/mol. The molecule has 0 aliphatic carbocycles. The molecule has 0 aromatic carbocycles. The number of carbonyl (C=O) groups excluding carboxylic acids is 1. The molecule has 23 heavy (non-hydrogen) atoms. The molecule has 1 saturated heterocycles. The predicted octanol–water partition coefficient (Wildman–Crippen LogP) is 1.34. The Labute approximate surface area is 137 Å². The van der Waals surface area contributed by atoms with Gasteiger partial charge in [0.1, 0.15) is 4.90 Å². The molecular formula is C15H26N4O3S. The smallest absolute Gasteiger partial charge is 0.246 e. The van der Waals surface area contributed by atoms with Crippen LogP contribution in [0.3, 0.4) is 0 Å². The number of nitrogens with one attached hydrogen (secondary N) is 2. The molecule has 0 bridgehead atoms. The Morgan fingerprint density at radius 3 is 2.74 bits per heavy atom. The van der Waals surface area contributed by atoms with E-state index >= 15 is 0 Å². The average Bonchev–Trinajstić information content (AvgIpc) is 2.86. The summed E-state index contributed by atoms with van der Waals surface area (Å²) in [5.41, 5.74) is 1.00. The zero-order chi connectivity index (χ0) is 17.2. The molecule has 130 valence electrons. The Bertz CT molecular complexity index is 649. The van der Waals surface area contributed by atoms with E-state index in [-0.39, 0.29) is 29.3 Å². The summed E-state index contributed by atoms with van der Waals surface area (Å²) in [5.74, 6) is -0.347. The van der Waals surface area contributed by atoms with E-state index in [0.29, 0.717) is 24.4 Å². The lowest BCUT2D eigenvalue weighted by Gasteiger charge is -2.31. The van der Waals surface area contributed by atoms with Crippen molar-refractivity contribution in [3.8, 4) is 0 Å². The number of piperidine rings is 1. The first kappa shape index (κ1) is 17.9. The summed E-state index contributed by atoms with van der Waals surface area (Å²) in [6.45, 7) is 8.01. The topological polar surface area (TPSA) is 95.2 Å². The number of carbonyl (C=O) groups is 1. The maximum Gasteiger partial charge on any atom is 0.246 e. The molecule has 8 heteroatoms. The first-order valence-corrected chi connectivity index (χ1v) is 9.53. The van der Waals surface area contributed by atoms with Crippen LogP contribution in [0.2, 0.25) is 0 Å². The second-order valence-corrected chi connectivity index (χ2v) is 8.16. The monoisotopic (exact) mass is 342 g/mol. The fourth-order valence-electron chi connectivity index (χ4n) is 2.89. The van der Waals surface area contributed by atoms with Crippen molar-refractivity contribution in [1.29, 1.82) is 0 Å². The van der Waals surface area contributed by atoms with Crippen molar-refractivity contribution in [2.75, 3.05) is 13.1 Å². The highest BCUT2D eigenvalue weighted by atomic mass is 32.2. The SMILES string of the molecule is CCC(C)NC(=O)C1CCCN(S(=O)(=O)c2c(C)n[nH]c2C)C1. The van der Waals surface area contributed by atoms with E-state index in [0.717, 1.165) is 12.8 Å². The number of hydrogen-bond donors (Lipinski definition) is 2. The summed E-state index contributed by atoms with van der Waals surface area (Å²) in [4.78, 5) is 12.5. The lowest BCUT2D eigenvalue weighted by molar-refractivity contribution is -0.126. The highest BCUT2D eigenvalue weighted by molar-refractivity contribution is 7.89. The molecule has 2 N–H and O–H groups in total. The standard InChI is InChI=1S/C15H26N4O3S/c1-5-10(2)16-15(20)13-7-6-8-19(9-13)23(21,22)14-11(3)17-18-12(14)4/h10,13H,5-9H2,1-4H3,(H,16,20)(H,17,18). The van der Waals surface area contributed by atoms with Gasteiger partial charge in [-0.15, -0.1) is 0 Å². The number of rotatable bonds is 5. The van der Waals surface area contributed by atoms with E-state index in [1.165, 1.54) is 4.31 Å². The summed E-state index contributed by atoms with van der Waals surface area (Å²) >= 11 is 0. The molecule has 2 rings (SSSR count). The number of hydrogen-bond acceptors (Lipinski definition) is 4. The summed E-state index contributed by atoms with van der Waals surface area (Å²) in [5, 5.41) is 9.64. The van der Waals surface area contributed by atoms with Gasteiger partial charge < -0.3 is 5.32 Å². The van der Waals surface area contributed by atoms with Gasteiger partial charge in [0, 0.05) is 19.1 Å². The minimum Gasteiger partial charge on any atom is -0.353 e.